The van der Waals surface area contributed by atoms with Gasteiger partial charge >= 0.3 is 6.09 Å². The molecular formula is C15H31N3O3. The third-order valence-electron chi connectivity index (χ3n) is 3.48. The number of alkyl carbamates (subject to hydrolysis) is 1. The Balaban J connectivity index is 2.60. The third kappa shape index (κ3) is 6.20. The number of amides is 1. The molecule has 6 nitrogen and oxygen atoms in total. The molecule has 0 aromatic carbocycles. The van der Waals surface area contributed by atoms with Crippen LogP contribution in [0.2, 0.25) is 0 Å². The van der Waals surface area contributed by atoms with Crippen LogP contribution in [0.25, 0.3) is 0 Å². The molecule has 0 bridgehead atoms. The standard InChI is InChI=1S/C15H31N3O3/c1-10-8-18(9-11(2)20-10)13(7-16)12(3)17-14(19)21-15(4,5)6/h10-13H,7-9,16H2,1-6H3,(H,17,19)/t10-,11+,12?,13?. The molecule has 1 aliphatic rings. The van der Waals surface area contributed by atoms with Crippen molar-refractivity contribution in [3.8, 4) is 0 Å². The Labute approximate surface area is 128 Å². The second kappa shape index (κ2) is 7.42. The predicted molar refractivity (Wildman–Crippen MR) is 83.3 cm³/mol. The topological polar surface area (TPSA) is 76.8 Å². The van der Waals surface area contributed by atoms with Gasteiger partial charge in [0, 0.05) is 31.7 Å². The predicted octanol–water partition coefficient (Wildman–Crippen LogP) is 1.34. The molecule has 0 aromatic heterocycles. The van der Waals surface area contributed by atoms with Crippen LogP contribution in [0, 0.1) is 0 Å². The van der Waals surface area contributed by atoms with Crippen molar-refractivity contribution in [1.82, 2.24) is 10.2 Å². The Morgan fingerprint density at radius 2 is 1.90 bits per heavy atom. The lowest BCUT2D eigenvalue weighted by molar-refractivity contribution is -0.0824. The van der Waals surface area contributed by atoms with Crippen molar-refractivity contribution in [3.63, 3.8) is 0 Å². The Hall–Kier alpha value is -0.850. The molecule has 0 aliphatic carbocycles. The highest BCUT2D eigenvalue weighted by molar-refractivity contribution is 5.68. The molecule has 4 atom stereocenters. The molecule has 6 heteroatoms. The molecule has 0 radical (unpaired) electrons. The number of carbonyl (C=O) groups excluding carboxylic acids is 1. The third-order valence-corrected chi connectivity index (χ3v) is 3.48. The maximum atomic E-state index is 11.9. The molecule has 1 amide bonds. The number of carbonyl (C=O) groups is 1. The highest BCUT2D eigenvalue weighted by Crippen LogP contribution is 2.15. The van der Waals surface area contributed by atoms with Crippen molar-refractivity contribution in [2.75, 3.05) is 19.6 Å². The van der Waals surface area contributed by atoms with Crippen molar-refractivity contribution >= 4 is 6.09 Å². The number of nitrogens with two attached hydrogens (primary N) is 1. The van der Waals surface area contributed by atoms with Gasteiger partial charge in [0.2, 0.25) is 0 Å². The first-order chi connectivity index (χ1) is 9.62. The molecule has 2 unspecified atom stereocenters. The van der Waals surface area contributed by atoms with Gasteiger partial charge in [-0.2, -0.15) is 0 Å². The lowest BCUT2D eigenvalue weighted by Gasteiger charge is -2.42. The van der Waals surface area contributed by atoms with Gasteiger partial charge in [0.15, 0.2) is 0 Å². The summed E-state index contributed by atoms with van der Waals surface area (Å²) < 4.78 is 11.0. The molecule has 124 valence electrons. The molecule has 0 saturated carbocycles. The van der Waals surface area contributed by atoms with E-state index in [1.165, 1.54) is 0 Å². The van der Waals surface area contributed by atoms with E-state index in [-0.39, 0.29) is 24.3 Å². The van der Waals surface area contributed by atoms with E-state index in [0.717, 1.165) is 13.1 Å². The zero-order valence-corrected chi connectivity index (χ0v) is 14.2. The fourth-order valence-electron chi connectivity index (χ4n) is 2.75. The first kappa shape index (κ1) is 18.2. The van der Waals surface area contributed by atoms with Crippen LogP contribution in [0.15, 0.2) is 0 Å². The van der Waals surface area contributed by atoms with Crippen LogP contribution in [0.1, 0.15) is 41.5 Å². The second-order valence-electron chi connectivity index (χ2n) is 6.95. The maximum absolute atomic E-state index is 11.9. The lowest BCUT2D eigenvalue weighted by atomic mass is 10.1. The summed E-state index contributed by atoms with van der Waals surface area (Å²) in [7, 11) is 0. The molecule has 1 fully saturated rings. The minimum Gasteiger partial charge on any atom is -0.444 e. The number of hydrogen-bond acceptors (Lipinski definition) is 5. The number of hydrogen-bond donors (Lipinski definition) is 2. The zero-order chi connectivity index (χ0) is 16.2. The first-order valence-corrected chi connectivity index (χ1v) is 7.71. The fraction of sp³-hybridized carbons (Fsp3) is 0.933. The van der Waals surface area contributed by atoms with Crippen LogP contribution in [-0.4, -0.2) is 60.5 Å². The summed E-state index contributed by atoms with van der Waals surface area (Å²) >= 11 is 0. The Morgan fingerprint density at radius 3 is 2.33 bits per heavy atom. The van der Waals surface area contributed by atoms with Crippen LogP contribution in [0.3, 0.4) is 0 Å². The second-order valence-corrected chi connectivity index (χ2v) is 6.95. The molecular weight excluding hydrogens is 270 g/mol. The number of nitrogens with one attached hydrogen (secondary N) is 1. The SMILES string of the molecule is CC(NC(=O)OC(C)(C)C)C(CN)N1C[C@@H](C)O[C@@H](C)C1. The van der Waals surface area contributed by atoms with Gasteiger partial charge in [-0.05, 0) is 41.5 Å². The van der Waals surface area contributed by atoms with Gasteiger partial charge < -0.3 is 20.5 Å². The molecule has 1 rings (SSSR count). The molecule has 1 heterocycles. The van der Waals surface area contributed by atoms with Crippen molar-refractivity contribution in [3.05, 3.63) is 0 Å². The van der Waals surface area contributed by atoms with Crippen LogP contribution in [0.5, 0.6) is 0 Å². The van der Waals surface area contributed by atoms with Crippen LogP contribution in [-0.2, 0) is 9.47 Å². The number of rotatable bonds is 4. The average Bonchev–Trinajstić information content (AvgIpc) is 2.25. The number of nitrogens with zero attached hydrogens (tertiary/aromatic N) is 1. The van der Waals surface area contributed by atoms with Gasteiger partial charge in [-0.25, -0.2) is 4.79 Å². The van der Waals surface area contributed by atoms with E-state index in [4.69, 9.17) is 15.2 Å². The summed E-state index contributed by atoms with van der Waals surface area (Å²) in [5, 5.41) is 2.89. The quantitative estimate of drug-likeness (QED) is 0.819. The smallest absolute Gasteiger partial charge is 0.407 e. The molecule has 1 aliphatic heterocycles. The number of morpholine rings is 1. The van der Waals surface area contributed by atoms with Gasteiger partial charge in [0.25, 0.3) is 0 Å². The van der Waals surface area contributed by atoms with E-state index < -0.39 is 11.7 Å². The van der Waals surface area contributed by atoms with Gasteiger partial charge in [-0.15, -0.1) is 0 Å². The summed E-state index contributed by atoms with van der Waals surface area (Å²) in [6.45, 7) is 13.8. The van der Waals surface area contributed by atoms with Crippen LogP contribution >= 0.6 is 0 Å². The Bertz CT molecular complexity index is 334. The van der Waals surface area contributed by atoms with E-state index in [1.807, 2.05) is 27.7 Å². The van der Waals surface area contributed by atoms with Crippen molar-refractivity contribution in [2.45, 2.75) is 71.4 Å². The van der Waals surface area contributed by atoms with Gasteiger partial charge in [-0.3, -0.25) is 4.90 Å². The van der Waals surface area contributed by atoms with E-state index in [0.29, 0.717) is 6.54 Å². The highest BCUT2D eigenvalue weighted by Gasteiger charge is 2.31. The minimum atomic E-state index is -0.496. The summed E-state index contributed by atoms with van der Waals surface area (Å²) in [6, 6.07) is -0.00586. The monoisotopic (exact) mass is 301 g/mol. The molecule has 21 heavy (non-hydrogen) atoms. The summed E-state index contributed by atoms with van der Waals surface area (Å²) in [5.41, 5.74) is 5.43. The van der Waals surface area contributed by atoms with Gasteiger partial charge in [0.05, 0.1) is 12.2 Å². The summed E-state index contributed by atoms with van der Waals surface area (Å²) in [4.78, 5) is 14.2. The van der Waals surface area contributed by atoms with E-state index >= 15 is 0 Å². The maximum Gasteiger partial charge on any atom is 0.407 e. The minimum absolute atomic E-state index is 0.0753. The van der Waals surface area contributed by atoms with Crippen molar-refractivity contribution < 1.29 is 14.3 Å². The normalized spacial score (nSPS) is 27.0. The summed E-state index contributed by atoms with van der Waals surface area (Å²) in [5.74, 6) is 0. The van der Waals surface area contributed by atoms with E-state index in [9.17, 15) is 4.79 Å². The zero-order valence-electron chi connectivity index (χ0n) is 14.2. The van der Waals surface area contributed by atoms with E-state index in [1.54, 1.807) is 0 Å². The van der Waals surface area contributed by atoms with Crippen LogP contribution in [0.4, 0.5) is 4.79 Å². The Kier molecular flexibility index (Phi) is 6.43. The Morgan fingerprint density at radius 1 is 1.38 bits per heavy atom. The van der Waals surface area contributed by atoms with Crippen LogP contribution < -0.4 is 11.1 Å². The van der Waals surface area contributed by atoms with E-state index in [2.05, 4.69) is 24.1 Å². The number of ether oxygens (including phenoxy) is 2. The molecule has 0 spiro atoms. The fourth-order valence-corrected chi connectivity index (χ4v) is 2.75. The lowest BCUT2D eigenvalue weighted by Crippen LogP contribution is -2.59. The molecule has 0 aromatic rings. The van der Waals surface area contributed by atoms with Crippen molar-refractivity contribution in [2.24, 2.45) is 5.73 Å². The first-order valence-electron chi connectivity index (χ1n) is 7.71. The summed E-state index contributed by atoms with van der Waals surface area (Å²) in [6.07, 6.45) is -0.0455. The molecule has 1 saturated heterocycles. The highest BCUT2D eigenvalue weighted by atomic mass is 16.6. The largest absolute Gasteiger partial charge is 0.444 e. The van der Waals surface area contributed by atoms with Gasteiger partial charge in [-0.1, -0.05) is 0 Å². The average molecular weight is 301 g/mol. The van der Waals surface area contributed by atoms with Gasteiger partial charge in [0.1, 0.15) is 5.60 Å². The molecule has 3 N–H and O–H groups in total. The van der Waals surface area contributed by atoms with Crippen molar-refractivity contribution in [1.29, 1.82) is 0 Å².